The second-order valence-electron chi connectivity index (χ2n) is 5.03. The second-order valence-corrected chi connectivity index (χ2v) is 6.18. The quantitative estimate of drug-likeness (QED) is 0.903. The summed E-state index contributed by atoms with van der Waals surface area (Å²) in [6, 6.07) is 6.97. The molecule has 1 unspecified atom stereocenters. The minimum Gasteiger partial charge on any atom is -0.478 e. The number of carbonyl (C=O) groups excluding carboxylic acids is 1. The van der Waals surface area contributed by atoms with Crippen LogP contribution in [0.4, 0.5) is 0 Å². The number of hydrogen-bond acceptors (Lipinski definition) is 3. The number of carboxylic acids is 1. The van der Waals surface area contributed by atoms with Gasteiger partial charge in [-0.2, -0.15) is 11.8 Å². The first kappa shape index (κ1) is 14.9. The van der Waals surface area contributed by atoms with Crippen LogP contribution in [-0.2, 0) is 11.2 Å². The minimum absolute atomic E-state index is 0.139. The van der Waals surface area contributed by atoms with E-state index in [4.69, 9.17) is 5.11 Å². The number of hydrogen-bond donors (Lipinski definition) is 1. The summed E-state index contributed by atoms with van der Waals surface area (Å²) >= 11 is 1.82. The highest BCUT2D eigenvalue weighted by atomic mass is 32.2. The number of nitrogens with zero attached hydrogens (tertiary/aromatic N) is 1. The van der Waals surface area contributed by atoms with E-state index in [-0.39, 0.29) is 11.8 Å². The molecule has 1 aromatic rings. The van der Waals surface area contributed by atoms with Crippen LogP contribution in [0.2, 0.25) is 0 Å². The summed E-state index contributed by atoms with van der Waals surface area (Å²) in [7, 11) is 1.80. The van der Waals surface area contributed by atoms with Crippen molar-refractivity contribution < 1.29 is 14.7 Å². The van der Waals surface area contributed by atoms with Crippen LogP contribution >= 0.6 is 11.8 Å². The van der Waals surface area contributed by atoms with Gasteiger partial charge in [-0.1, -0.05) is 18.2 Å². The number of benzene rings is 1. The molecule has 1 N–H and O–H groups in total. The molecule has 1 aliphatic heterocycles. The van der Waals surface area contributed by atoms with Crippen molar-refractivity contribution in [3.05, 3.63) is 35.4 Å². The summed E-state index contributed by atoms with van der Waals surface area (Å²) in [5.74, 6) is 1.38. The zero-order valence-electron chi connectivity index (χ0n) is 11.5. The van der Waals surface area contributed by atoms with Gasteiger partial charge in [0.2, 0.25) is 5.91 Å². The second kappa shape index (κ2) is 6.79. The molecule has 1 saturated heterocycles. The van der Waals surface area contributed by atoms with Crippen molar-refractivity contribution >= 4 is 23.6 Å². The first-order valence-electron chi connectivity index (χ1n) is 6.73. The van der Waals surface area contributed by atoms with Crippen molar-refractivity contribution in [1.82, 2.24) is 4.90 Å². The first-order chi connectivity index (χ1) is 9.59. The Morgan fingerprint density at radius 1 is 1.40 bits per heavy atom. The Kier molecular flexibility index (Phi) is 5.06. The number of amides is 1. The van der Waals surface area contributed by atoms with Gasteiger partial charge in [0.15, 0.2) is 0 Å². The molecule has 2 rings (SSSR count). The Labute approximate surface area is 123 Å². The minimum atomic E-state index is -0.915. The molecule has 20 heavy (non-hydrogen) atoms. The van der Waals surface area contributed by atoms with Gasteiger partial charge in [0.05, 0.1) is 5.56 Å². The van der Waals surface area contributed by atoms with Gasteiger partial charge in [-0.3, -0.25) is 4.79 Å². The lowest BCUT2D eigenvalue weighted by atomic mass is 10.0. The van der Waals surface area contributed by atoms with Gasteiger partial charge in [-0.05, 0) is 30.2 Å². The molecule has 0 saturated carbocycles. The lowest BCUT2D eigenvalue weighted by Crippen LogP contribution is -2.34. The van der Waals surface area contributed by atoms with E-state index in [0.717, 1.165) is 23.5 Å². The highest BCUT2D eigenvalue weighted by Gasteiger charge is 2.25. The van der Waals surface area contributed by atoms with E-state index < -0.39 is 5.97 Å². The fourth-order valence-electron chi connectivity index (χ4n) is 2.39. The van der Waals surface area contributed by atoms with Crippen molar-refractivity contribution in [1.29, 1.82) is 0 Å². The van der Waals surface area contributed by atoms with E-state index in [1.54, 1.807) is 24.1 Å². The van der Waals surface area contributed by atoms with Crippen LogP contribution < -0.4 is 0 Å². The summed E-state index contributed by atoms with van der Waals surface area (Å²) < 4.78 is 0. The molecule has 0 spiro atoms. The first-order valence-corrected chi connectivity index (χ1v) is 7.89. The van der Waals surface area contributed by atoms with Gasteiger partial charge < -0.3 is 10.0 Å². The van der Waals surface area contributed by atoms with Crippen molar-refractivity contribution in [2.75, 3.05) is 25.1 Å². The van der Waals surface area contributed by atoms with E-state index in [2.05, 4.69) is 0 Å². The van der Waals surface area contributed by atoms with E-state index in [1.165, 1.54) is 0 Å². The molecule has 0 aromatic heterocycles. The standard InChI is InChI=1S/C15H19NO3S/c1-16(14(17)12-7-9-20-10-12)8-6-11-4-2-3-5-13(11)15(18)19/h2-5,12H,6-10H2,1H3,(H,18,19). The maximum atomic E-state index is 12.2. The topological polar surface area (TPSA) is 57.6 Å². The van der Waals surface area contributed by atoms with Crippen LogP contribution in [-0.4, -0.2) is 47.0 Å². The number of aromatic carboxylic acids is 1. The van der Waals surface area contributed by atoms with Crippen molar-refractivity contribution in [3.8, 4) is 0 Å². The molecule has 1 amide bonds. The molecule has 1 aromatic carbocycles. The van der Waals surface area contributed by atoms with Crippen LogP contribution in [0.25, 0.3) is 0 Å². The van der Waals surface area contributed by atoms with Gasteiger partial charge >= 0.3 is 5.97 Å². The van der Waals surface area contributed by atoms with E-state index >= 15 is 0 Å². The largest absolute Gasteiger partial charge is 0.478 e. The Balaban J connectivity index is 1.94. The number of likely N-dealkylation sites (N-methyl/N-ethyl adjacent to an activating group) is 1. The van der Waals surface area contributed by atoms with Gasteiger partial charge in [-0.25, -0.2) is 4.79 Å². The van der Waals surface area contributed by atoms with Crippen molar-refractivity contribution in [3.63, 3.8) is 0 Å². The zero-order chi connectivity index (χ0) is 14.5. The van der Waals surface area contributed by atoms with Gasteiger partial charge in [0, 0.05) is 25.3 Å². The Morgan fingerprint density at radius 2 is 2.15 bits per heavy atom. The number of carboxylic acid groups (broad SMARTS) is 1. The Hall–Kier alpha value is -1.49. The molecule has 5 heteroatoms. The number of thioether (sulfide) groups is 1. The Bertz CT molecular complexity index is 498. The normalized spacial score (nSPS) is 17.9. The van der Waals surface area contributed by atoms with Gasteiger partial charge in [0.25, 0.3) is 0 Å². The SMILES string of the molecule is CN(CCc1ccccc1C(=O)O)C(=O)C1CCSC1. The fourth-order valence-corrected chi connectivity index (χ4v) is 3.60. The molecule has 1 aliphatic rings. The molecule has 1 atom stereocenters. The highest BCUT2D eigenvalue weighted by molar-refractivity contribution is 7.99. The van der Waals surface area contributed by atoms with Gasteiger partial charge in [-0.15, -0.1) is 0 Å². The van der Waals surface area contributed by atoms with Crippen molar-refractivity contribution in [2.45, 2.75) is 12.8 Å². The van der Waals surface area contributed by atoms with Crippen LogP contribution in [0.3, 0.4) is 0 Å². The summed E-state index contributed by atoms with van der Waals surface area (Å²) in [5.41, 5.74) is 1.10. The number of rotatable bonds is 5. The van der Waals surface area contributed by atoms with E-state index in [9.17, 15) is 9.59 Å². The molecule has 0 bridgehead atoms. The van der Waals surface area contributed by atoms with Crippen molar-refractivity contribution in [2.24, 2.45) is 5.92 Å². The summed E-state index contributed by atoms with van der Waals surface area (Å²) in [4.78, 5) is 25.0. The molecular weight excluding hydrogens is 274 g/mol. The third-order valence-electron chi connectivity index (χ3n) is 3.62. The molecule has 0 radical (unpaired) electrons. The summed E-state index contributed by atoms with van der Waals surface area (Å²) in [6.45, 7) is 0.560. The lowest BCUT2D eigenvalue weighted by molar-refractivity contribution is -0.133. The molecule has 0 aliphatic carbocycles. The van der Waals surface area contributed by atoms with Crippen LogP contribution in [0, 0.1) is 5.92 Å². The smallest absolute Gasteiger partial charge is 0.335 e. The predicted molar refractivity (Wildman–Crippen MR) is 80.2 cm³/mol. The average Bonchev–Trinajstić information content (AvgIpc) is 2.98. The maximum Gasteiger partial charge on any atom is 0.335 e. The predicted octanol–water partition coefficient (Wildman–Crippen LogP) is 2.14. The highest BCUT2D eigenvalue weighted by Crippen LogP contribution is 2.24. The third-order valence-corrected chi connectivity index (χ3v) is 4.78. The van der Waals surface area contributed by atoms with Gasteiger partial charge in [0.1, 0.15) is 0 Å². The van der Waals surface area contributed by atoms with Crippen LogP contribution in [0.5, 0.6) is 0 Å². The van der Waals surface area contributed by atoms with E-state index in [0.29, 0.717) is 18.5 Å². The summed E-state index contributed by atoms with van der Waals surface area (Å²) in [5, 5.41) is 9.13. The Morgan fingerprint density at radius 3 is 2.80 bits per heavy atom. The average molecular weight is 293 g/mol. The molecule has 1 fully saturated rings. The molecule has 1 heterocycles. The van der Waals surface area contributed by atoms with Crippen LogP contribution in [0.1, 0.15) is 22.3 Å². The summed E-state index contributed by atoms with van der Waals surface area (Å²) in [6.07, 6.45) is 1.53. The fraction of sp³-hybridized carbons (Fsp3) is 0.467. The molecule has 108 valence electrons. The maximum absolute atomic E-state index is 12.2. The zero-order valence-corrected chi connectivity index (χ0v) is 12.4. The van der Waals surface area contributed by atoms with Crippen LogP contribution in [0.15, 0.2) is 24.3 Å². The molecule has 4 nitrogen and oxygen atoms in total. The van der Waals surface area contributed by atoms with E-state index in [1.807, 2.05) is 23.9 Å². The third kappa shape index (κ3) is 3.54. The monoisotopic (exact) mass is 293 g/mol. The number of carbonyl (C=O) groups is 2. The molecular formula is C15H19NO3S. The lowest BCUT2D eigenvalue weighted by Gasteiger charge is -2.21.